The van der Waals surface area contributed by atoms with E-state index >= 15 is 0 Å². The minimum Gasteiger partial charge on any atom is -0.390 e. The maximum atomic E-state index is 12.7. The Kier molecular flexibility index (Phi) is 7.55. The standard InChI is InChI=1S/C27H32N6O3/c1-27(2,36)13-14-33-23-12-11-21(29-24(34)15-18-5-3-4-6-18)16-22(23)31-25(33)32-26(35)30-20-9-7-19(17-28)8-10-20/h7-12,16,18,36H,3-6,13-15H2,1-2H3,(H,29,34)(H2,30,31,32,35). The molecule has 3 aromatic rings. The number of aliphatic hydroxyl groups is 1. The number of imidazole rings is 1. The van der Waals surface area contributed by atoms with E-state index in [1.54, 1.807) is 44.2 Å². The van der Waals surface area contributed by atoms with Crippen LogP contribution in [0.4, 0.5) is 22.1 Å². The van der Waals surface area contributed by atoms with Crippen molar-refractivity contribution in [1.29, 1.82) is 5.26 Å². The number of amides is 3. The van der Waals surface area contributed by atoms with Crippen LogP contribution in [0, 0.1) is 17.2 Å². The van der Waals surface area contributed by atoms with Crippen LogP contribution in [0.25, 0.3) is 11.0 Å². The van der Waals surface area contributed by atoms with Crippen LogP contribution in [0.3, 0.4) is 0 Å². The summed E-state index contributed by atoms with van der Waals surface area (Å²) < 4.78 is 1.84. The van der Waals surface area contributed by atoms with Crippen LogP contribution in [0.5, 0.6) is 0 Å². The lowest BCUT2D eigenvalue weighted by molar-refractivity contribution is -0.117. The minimum absolute atomic E-state index is 0.00264. The van der Waals surface area contributed by atoms with Gasteiger partial charge in [0, 0.05) is 24.3 Å². The number of rotatable bonds is 8. The van der Waals surface area contributed by atoms with E-state index in [1.807, 2.05) is 22.8 Å². The number of aryl methyl sites for hydroxylation is 1. The lowest BCUT2D eigenvalue weighted by Gasteiger charge is -2.18. The van der Waals surface area contributed by atoms with Gasteiger partial charge >= 0.3 is 6.03 Å². The molecule has 0 spiro atoms. The predicted octanol–water partition coefficient (Wildman–Crippen LogP) is 5.23. The van der Waals surface area contributed by atoms with Crippen molar-refractivity contribution in [2.75, 3.05) is 16.0 Å². The summed E-state index contributed by atoms with van der Waals surface area (Å²) in [6.07, 6.45) is 5.58. The lowest BCUT2D eigenvalue weighted by Crippen LogP contribution is -2.24. The molecule has 0 bridgehead atoms. The van der Waals surface area contributed by atoms with Crippen molar-refractivity contribution in [3.05, 3.63) is 48.0 Å². The summed E-state index contributed by atoms with van der Waals surface area (Å²) in [6, 6.07) is 13.6. The fourth-order valence-electron chi connectivity index (χ4n) is 4.50. The highest BCUT2D eigenvalue weighted by molar-refractivity contribution is 6.00. The molecule has 1 aliphatic rings. The van der Waals surface area contributed by atoms with E-state index in [9.17, 15) is 14.7 Å². The molecular formula is C27H32N6O3. The molecule has 2 aromatic carbocycles. The lowest BCUT2D eigenvalue weighted by atomic mass is 10.0. The Morgan fingerprint density at radius 2 is 1.78 bits per heavy atom. The number of anilines is 3. The molecule has 36 heavy (non-hydrogen) atoms. The van der Waals surface area contributed by atoms with Crippen LogP contribution in [-0.2, 0) is 11.3 Å². The van der Waals surface area contributed by atoms with Gasteiger partial charge in [-0.25, -0.2) is 9.78 Å². The van der Waals surface area contributed by atoms with E-state index in [4.69, 9.17) is 5.26 Å². The van der Waals surface area contributed by atoms with Crippen molar-refractivity contribution in [3.63, 3.8) is 0 Å². The smallest absolute Gasteiger partial charge is 0.326 e. The van der Waals surface area contributed by atoms with Gasteiger partial charge in [-0.2, -0.15) is 5.26 Å². The third-order valence-corrected chi connectivity index (χ3v) is 6.43. The number of carbonyl (C=O) groups is 2. The van der Waals surface area contributed by atoms with Gasteiger partial charge in [0.1, 0.15) is 0 Å². The first-order valence-corrected chi connectivity index (χ1v) is 12.3. The summed E-state index contributed by atoms with van der Waals surface area (Å²) in [5, 5.41) is 27.7. The Labute approximate surface area is 210 Å². The molecule has 1 aromatic heterocycles. The van der Waals surface area contributed by atoms with E-state index in [1.165, 1.54) is 12.8 Å². The molecule has 1 fully saturated rings. The highest BCUT2D eigenvalue weighted by Gasteiger charge is 2.20. The first-order chi connectivity index (χ1) is 17.2. The van der Waals surface area contributed by atoms with Crippen molar-refractivity contribution >= 4 is 40.3 Å². The first-order valence-electron chi connectivity index (χ1n) is 12.3. The van der Waals surface area contributed by atoms with E-state index in [0.717, 1.165) is 18.4 Å². The zero-order chi connectivity index (χ0) is 25.7. The third kappa shape index (κ3) is 6.61. The van der Waals surface area contributed by atoms with Crippen LogP contribution in [0.2, 0.25) is 0 Å². The summed E-state index contributed by atoms with van der Waals surface area (Å²) in [7, 11) is 0. The Morgan fingerprint density at radius 3 is 2.44 bits per heavy atom. The average Bonchev–Trinajstić information content (AvgIpc) is 3.44. The molecule has 188 valence electrons. The number of carbonyl (C=O) groups excluding carboxylic acids is 2. The van der Waals surface area contributed by atoms with Gasteiger partial charge in [-0.05, 0) is 81.5 Å². The van der Waals surface area contributed by atoms with Gasteiger partial charge in [-0.15, -0.1) is 0 Å². The van der Waals surface area contributed by atoms with Crippen molar-refractivity contribution in [2.45, 2.75) is 64.5 Å². The van der Waals surface area contributed by atoms with Gasteiger partial charge in [0.15, 0.2) is 0 Å². The van der Waals surface area contributed by atoms with E-state index in [-0.39, 0.29) is 5.91 Å². The highest BCUT2D eigenvalue weighted by atomic mass is 16.3. The monoisotopic (exact) mass is 488 g/mol. The second-order valence-corrected chi connectivity index (χ2v) is 10.0. The number of nitrogens with one attached hydrogen (secondary N) is 3. The van der Waals surface area contributed by atoms with Crippen LogP contribution in [0.15, 0.2) is 42.5 Å². The predicted molar refractivity (Wildman–Crippen MR) is 140 cm³/mol. The topological polar surface area (TPSA) is 132 Å². The summed E-state index contributed by atoms with van der Waals surface area (Å²) >= 11 is 0. The normalized spacial score (nSPS) is 13.9. The molecule has 0 atom stereocenters. The van der Waals surface area contributed by atoms with Crippen molar-refractivity contribution in [3.8, 4) is 6.07 Å². The largest absolute Gasteiger partial charge is 0.390 e. The van der Waals surface area contributed by atoms with E-state index in [0.29, 0.717) is 53.7 Å². The number of benzene rings is 2. The number of nitriles is 1. The number of urea groups is 1. The number of nitrogens with zero attached hydrogens (tertiary/aromatic N) is 3. The Hall–Kier alpha value is -3.90. The molecule has 0 unspecified atom stereocenters. The number of fused-ring (bicyclic) bond motifs is 1. The van der Waals surface area contributed by atoms with Crippen LogP contribution >= 0.6 is 0 Å². The molecule has 1 aliphatic carbocycles. The number of aromatic nitrogens is 2. The maximum Gasteiger partial charge on any atom is 0.326 e. The molecule has 3 amide bonds. The fraction of sp³-hybridized carbons (Fsp3) is 0.407. The molecule has 0 aliphatic heterocycles. The molecule has 4 rings (SSSR count). The zero-order valence-corrected chi connectivity index (χ0v) is 20.7. The molecule has 9 heteroatoms. The summed E-state index contributed by atoms with van der Waals surface area (Å²) in [6.45, 7) is 3.89. The Morgan fingerprint density at radius 1 is 1.08 bits per heavy atom. The molecule has 4 N–H and O–H groups in total. The van der Waals surface area contributed by atoms with Crippen molar-refractivity contribution in [2.24, 2.45) is 5.92 Å². The van der Waals surface area contributed by atoms with Gasteiger partial charge in [-0.1, -0.05) is 12.8 Å². The van der Waals surface area contributed by atoms with Gasteiger partial charge in [0.25, 0.3) is 0 Å². The second-order valence-electron chi connectivity index (χ2n) is 10.0. The number of hydrogen-bond donors (Lipinski definition) is 4. The Balaban J connectivity index is 1.52. The maximum absolute atomic E-state index is 12.7. The van der Waals surface area contributed by atoms with Gasteiger partial charge in [0.2, 0.25) is 11.9 Å². The number of hydrogen-bond acceptors (Lipinski definition) is 5. The van der Waals surface area contributed by atoms with Crippen LogP contribution in [0.1, 0.15) is 57.9 Å². The molecule has 0 saturated heterocycles. The highest BCUT2D eigenvalue weighted by Crippen LogP contribution is 2.29. The zero-order valence-electron chi connectivity index (χ0n) is 20.7. The van der Waals surface area contributed by atoms with Crippen molar-refractivity contribution in [1.82, 2.24) is 9.55 Å². The SMILES string of the molecule is CC(C)(O)CCn1c(NC(=O)Nc2ccc(C#N)cc2)nc2cc(NC(=O)CC3CCCC3)ccc21. The second kappa shape index (κ2) is 10.8. The van der Waals surface area contributed by atoms with Crippen molar-refractivity contribution < 1.29 is 14.7 Å². The summed E-state index contributed by atoms with van der Waals surface area (Å²) in [5.41, 5.74) is 2.21. The Bertz CT molecular complexity index is 1280. The average molecular weight is 489 g/mol. The summed E-state index contributed by atoms with van der Waals surface area (Å²) in [5.74, 6) is 0.790. The van der Waals surface area contributed by atoms with E-state index < -0.39 is 11.6 Å². The quantitative estimate of drug-likeness (QED) is 0.345. The van der Waals surface area contributed by atoms with E-state index in [2.05, 4.69) is 20.9 Å². The third-order valence-electron chi connectivity index (χ3n) is 6.43. The van der Waals surface area contributed by atoms with Gasteiger partial charge in [0.05, 0.1) is 28.3 Å². The molecule has 1 saturated carbocycles. The van der Waals surface area contributed by atoms with Crippen LogP contribution in [-0.4, -0.2) is 32.2 Å². The molecule has 0 radical (unpaired) electrons. The molecular weight excluding hydrogens is 456 g/mol. The van der Waals surface area contributed by atoms with Gasteiger partial charge < -0.3 is 20.3 Å². The minimum atomic E-state index is -0.896. The fourth-order valence-corrected chi connectivity index (χ4v) is 4.50. The molecule has 1 heterocycles. The first kappa shape index (κ1) is 25.2. The molecule has 9 nitrogen and oxygen atoms in total. The van der Waals surface area contributed by atoms with Gasteiger partial charge in [-0.3, -0.25) is 10.1 Å². The van der Waals surface area contributed by atoms with Crippen LogP contribution < -0.4 is 16.0 Å². The summed E-state index contributed by atoms with van der Waals surface area (Å²) in [4.78, 5) is 29.8.